The van der Waals surface area contributed by atoms with E-state index in [4.69, 9.17) is 5.84 Å². The number of hydrazine groups is 1. The second kappa shape index (κ2) is 14.8. The zero-order chi connectivity index (χ0) is 30.5. The van der Waals surface area contributed by atoms with Gasteiger partial charge in [-0.1, -0.05) is 38.5 Å². The summed E-state index contributed by atoms with van der Waals surface area (Å²) in [4.78, 5) is 4.72. The number of hydrogen-bond acceptors (Lipinski definition) is 7. The number of piperidine rings is 2. The van der Waals surface area contributed by atoms with Gasteiger partial charge in [0, 0.05) is 25.2 Å². The molecule has 0 aromatic carbocycles. The number of nitrogens with zero attached hydrogens (tertiary/aromatic N) is 2. The Kier molecular flexibility index (Phi) is 12.0. The Hall–Kier alpha value is -1.01. The van der Waals surface area contributed by atoms with Crippen LogP contribution in [0.15, 0.2) is 23.3 Å². The lowest BCUT2D eigenvalue weighted by Gasteiger charge is -2.45. The molecule has 0 amide bonds. The molecule has 42 heavy (non-hydrogen) atoms. The van der Waals surface area contributed by atoms with Gasteiger partial charge in [0.05, 0.1) is 12.1 Å². The third kappa shape index (κ3) is 9.02. The van der Waals surface area contributed by atoms with Gasteiger partial charge in [0.2, 0.25) is 0 Å². The molecule has 10 heteroatoms. The van der Waals surface area contributed by atoms with E-state index in [2.05, 4.69) is 47.4 Å². The zero-order valence-corrected chi connectivity index (χ0v) is 26.0. The summed E-state index contributed by atoms with van der Waals surface area (Å²) < 4.78 is 42.5. The van der Waals surface area contributed by atoms with Crippen molar-refractivity contribution in [3.8, 4) is 0 Å². The van der Waals surface area contributed by atoms with Crippen molar-refractivity contribution < 1.29 is 23.4 Å². The normalized spacial score (nSPS) is 33.4. The van der Waals surface area contributed by atoms with Crippen molar-refractivity contribution in [1.82, 2.24) is 20.5 Å². The van der Waals surface area contributed by atoms with E-state index in [0.29, 0.717) is 31.7 Å². The van der Waals surface area contributed by atoms with Gasteiger partial charge < -0.3 is 10.2 Å². The van der Waals surface area contributed by atoms with E-state index < -0.39 is 24.4 Å². The summed E-state index contributed by atoms with van der Waals surface area (Å²) in [5.74, 6) is 5.02. The van der Waals surface area contributed by atoms with Gasteiger partial charge in [0.25, 0.3) is 0 Å². The molecule has 0 aromatic heterocycles. The van der Waals surface area contributed by atoms with Crippen molar-refractivity contribution in [3.63, 3.8) is 0 Å². The second-order valence-electron chi connectivity index (χ2n) is 14.3. The predicted molar refractivity (Wildman–Crippen MR) is 161 cm³/mol. The van der Waals surface area contributed by atoms with Crippen LogP contribution >= 0.6 is 0 Å². The number of likely N-dealkylation sites (tertiary alicyclic amines) is 2. The highest BCUT2D eigenvalue weighted by Crippen LogP contribution is 2.39. The Balaban J connectivity index is 1.35. The molecule has 2 aliphatic carbocycles. The number of rotatable bonds is 10. The number of hydrogen-bond donors (Lipinski definition) is 5. The van der Waals surface area contributed by atoms with Crippen LogP contribution in [-0.4, -0.2) is 83.5 Å². The minimum Gasteiger partial charge on any atom is -0.396 e. The van der Waals surface area contributed by atoms with Crippen molar-refractivity contribution in [2.45, 2.75) is 122 Å². The first kappa shape index (κ1) is 33.9. The monoisotopic (exact) mass is 599 g/mol. The maximum atomic E-state index is 14.2. The topological polar surface area (TPSA) is 97.0 Å². The van der Waals surface area contributed by atoms with Crippen molar-refractivity contribution in [1.29, 1.82) is 0 Å². The molecule has 0 radical (unpaired) electrons. The summed E-state index contributed by atoms with van der Waals surface area (Å²) in [6.45, 7) is 10.0. The fourth-order valence-corrected chi connectivity index (χ4v) is 7.93. The molecule has 4 aliphatic rings. The van der Waals surface area contributed by atoms with E-state index in [9.17, 15) is 23.4 Å². The first-order chi connectivity index (χ1) is 19.9. The molecule has 0 saturated carbocycles. The number of nitrogens with two attached hydrogens (primary N) is 1. The molecule has 2 aliphatic heterocycles. The average Bonchev–Trinajstić information content (AvgIpc) is 3.16. The van der Waals surface area contributed by atoms with E-state index in [1.807, 2.05) is 0 Å². The number of aliphatic hydroxyl groups is 2. The van der Waals surface area contributed by atoms with Gasteiger partial charge in [-0.25, -0.2) is 5.43 Å². The summed E-state index contributed by atoms with van der Waals surface area (Å²) >= 11 is 0. The second-order valence-corrected chi connectivity index (χ2v) is 14.3. The number of halogens is 3. The van der Waals surface area contributed by atoms with E-state index >= 15 is 0 Å². The smallest absolute Gasteiger partial charge is 0.395 e. The Labute approximate surface area is 251 Å². The average molecular weight is 600 g/mol. The molecule has 2 saturated heterocycles. The summed E-state index contributed by atoms with van der Waals surface area (Å²) in [6.07, 6.45) is 7.29. The van der Waals surface area contributed by atoms with Gasteiger partial charge in [0.1, 0.15) is 6.23 Å². The lowest BCUT2D eigenvalue weighted by Crippen LogP contribution is -2.57. The minimum atomic E-state index is -4.31. The van der Waals surface area contributed by atoms with Crippen LogP contribution in [0.5, 0.6) is 0 Å². The standard InChI is InChI=1S/C32H56F3N5O2/c1-22(21-41)19-31(3)11-14-39(15-12-31)20-24-8-10-27(18-26(16-24)32(33,34)35)37-30(42)25-9-7-23(2)28(17-25)40-13-5-4-6-29(40)38-36/h9,16,22-23,26-30,37-38,41-42H,4-8,10-15,17-21,36H2,1-3H3. The van der Waals surface area contributed by atoms with Crippen molar-refractivity contribution >= 4 is 0 Å². The fraction of sp³-hybridized carbons (Fsp3) is 0.875. The van der Waals surface area contributed by atoms with Crippen LogP contribution in [-0.2, 0) is 0 Å². The third-order valence-electron chi connectivity index (χ3n) is 10.6. The minimum absolute atomic E-state index is 0.0560. The predicted octanol–water partition coefficient (Wildman–Crippen LogP) is 4.67. The zero-order valence-electron chi connectivity index (χ0n) is 26.0. The summed E-state index contributed by atoms with van der Waals surface area (Å²) in [6, 6.07) is -0.177. The van der Waals surface area contributed by atoms with Gasteiger partial charge in [-0.05, 0) is 113 Å². The maximum Gasteiger partial charge on any atom is 0.395 e. The highest BCUT2D eigenvalue weighted by Gasteiger charge is 2.42. The Morgan fingerprint density at radius 1 is 1.17 bits per heavy atom. The van der Waals surface area contributed by atoms with E-state index in [1.54, 1.807) is 0 Å². The number of aliphatic hydroxyl groups excluding tert-OH is 2. The van der Waals surface area contributed by atoms with Gasteiger partial charge in [-0.15, -0.1) is 0 Å². The molecule has 4 rings (SSSR count). The highest BCUT2D eigenvalue weighted by atomic mass is 19.4. The van der Waals surface area contributed by atoms with Crippen LogP contribution < -0.4 is 16.6 Å². The van der Waals surface area contributed by atoms with Crippen LogP contribution in [0.2, 0.25) is 0 Å². The Morgan fingerprint density at radius 2 is 1.90 bits per heavy atom. The maximum absolute atomic E-state index is 14.2. The quantitative estimate of drug-likeness (QED) is 0.108. The highest BCUT2D eigenvalue weighted by molar-refractivity contribution is 5.17. The molecule has 2 fully saturated rings. The molecule has 7 unspecified atom stereocenters. The SMILES string of the molecule is CC(CO)CC1(C)CCN(CC2=CC(C(F)(F)F)CC(NC(O)C3=CCC(C)C(N4CCCCC4NN)C3)CC2)CC1. The molecule has 0 bridgehead atoms. The molecular formula is C32H56F3N5O2. The molecule has 242 valence electrons. The molecule has 7 atom stereocenters. The van der Waals surface area contributed by atoms with Gasteiger partial charge in [0.15, 0.2) is 0 Å². The lowest BCUT2D eigenvalue weighted by molar-refractivity contribution is -0.164. The lowest BCUT2D eigenvalue weighted by atomic mass is 9.74. The van der Waals surface area contributed by atoms with Crippen molar-refractivity contribution in [2.75, 3.05) is 32.8 Å². The van der Waals surface area contributed by atoms with E-state index in [1.165, 1.54) is 6.08 Å². The van der Waals surface area contributed by atoms with Crippen LogP contribution in [0.4, 0.5) is 13.2 Å². The Morgan fingerprint density at radius 3 is 2.57 bits per heavy atom. The van der Waals surface area contributed by atoms with Gasteiger partial charge in [-0.2, -0.15) is 13.2 Å². The number of allylic oxidation sites excluding steroid dienone is 2. The molecule has 0 spiro atoms. The molecule has 0 aromatic rings. The largest absolute Gasteiger partial charge is 0.396 e. The molecule has 7 nitrogen and oxygen atoms in total. The van der Waals surface area contributed by atoms with Crippen molar-refractivity contribution in [3.05, 3.63) is 23.3 Å². The summed E-state index contributed by atoms with van der Waals surface area (Å²) in [7, 11) is 0. The number of nitrogens with one attached hydrogen (secondary N) is 2. The van der Waals surface area contributed by atoms with Crippen LogP contribution in [0.1, 0.15) is 91.4 Å². The third-order valence-corrected chi connectivity index (χ3v) is 10.6. The molecule has 6 N–H and O–H groups in total. The first-order valence-electron chi connectivity index (χ1n) is 16.3. The van der Waals surface area contributed by atoms with Crippen molar-refractivity contribution in [2.24, 2.45) is 29.0 Å². The van der Waals surface area contributed by atoms with E-state index in [0.717, 1.165) is 75.7 Å². The molecular weight excluding hydrogens is 543 g/mol. The number of alkyl halides is 3. The van der Waals surface area contributed by atoms with Crippen LogP contribution in [0.3, 0.4) is 0 Å². The van der Waals surface area contributed by atoms with Crippen LogP contribution in [0, 0.1) is 23.2 Å². The summed E-state index contributed by atoms with van der Waals surface area (Å²) in [5.41, 5.74) is 4.88. The Bertz CT molecular complexity index is 920. The van der Waals surface area contributed by atoms with Crippen LogP contribution in [0.25, 0.3) is 0 Å². The van der Waals surface area contributed by atoms with Gasteiger partial charge in [-0.3, -0.25) is 21.0 Å². The summed E-state index contributed by atoms with van der Waals surface area (Å²) in [5, 5.41) is 23.9. The first-order valence-corrected chi connectivity index (χ1v) is 16.3. The van der Waals surface area contributed by atoms with E-state index in [-0.39, 0.29) is 36.6 Å². The fourth-order valence-electron chi connectivity index (χ4n) is 7.93. The van der Waals surface area contributed by atoms with Gasteiger partial charge >= 0.3 is 6.18 Å². The molecule has 2 heterocycles.